The molecule has 0 saturated heterocycles. The fourth-order valence-electron chi connectivity index (χ4n) is 3.45. The number of benzene rings is 1. The number of hydrogen-bond donors (Lipinski definition) is 2. The number of ether oxygens (including phenoxy) is 1. The SMILES string of the molecule is CCc1ccc(C(C(=O)NC(C)(C)C)N(C(=O)C(C)NC(=O)OC(C)(C)C)C2CC2)cc1. The molecule has 7 heteroatoms. The standard InChI is InChI=1S/C25H39N3O4/c1-9-17-10-12-18(13-11-17)20(21(29)27-24(3,4)5)28(19-14-15-19)22(30)16(2)26-23(31)32-25(6,7)8/h10-13,16,19-20H,9,14-15H2,1-8H3,(H,26,31)(H,27,29). The van der Waals surface area contributed by atoms with E-state index in [0.717, 1.165) is 30.4 Å². The van der Waals surface area contributed by atoms with Crippen LogP contribution in [0.2, 0.25) is 0 Å². The maximum Gasteiger partial charge on any atom is 0.408 e. The molecule has 2 unspecified atom stereocenters. The van der Waals surface area contributed by atoms with Gasteiger partial charge in [0.2, 0.25) is 11.8 Å². The van der Waals surface area contributed by atoms with E-state index in [4.69, 9.17) is 4.74 Å². The quantitative estimate of drug-likeness (QED) is 0.661. The van der Waals surface area contributed by atoms with Gasteiger partial charge in [-0.1, -0.05) is 31.2 Å². The lowest BCUT2D eigenvalue weighted by Crippen LogP contribution is -2.54. The van der Waals surface area contributed by atoms with Gasteiger partial charge in [0.05, 0.1) is 0 Å². The van der Waals surface area contributed by atoms with E-state index in [1.807, 2.05) is 45.0 Å². The largest absolute Gasteiger partial charge is 0.444 e. The average Bonchev–Trinajstić information content (AvgIpc) is 3.47. The Bertz CT molecular complexity index is 817. The molecule has 1 saturated carbocycles. The van der Waals surface area contributed by atoms with Crippen molar-refractivity contribution in [2.45, 2.75) is 104 Å². The summed E-state index contributed by atoms with van der Waals surface area (Å²) in [5.74, 6) is -0.529. The van der Waals surface area contributed by atoms with Crippen molar-refractivity contribution in [1.82, 2.24) is 15.5 Å². The van der Waals surface area contributed by atoms with E-state index in [1.54, 1.807) is 32.6 Å². The number of rotatable bonds is 7. The van der Waals surface area contributed by atoms with Crippen molar-refractivity contribution in [1.29, 1.82) is 0 Å². The molecule has 1 aliphatic rings. The maximum atomic E-state index is 13.5. The summed E-state index contributed by atoms with van der Waals surface area (Å²) in [7, 11) is 0. The number of nitrogens with zero attached hydrogens (tertiary/aromatic N) is 1. The van der Waals surface area contributed by atoms with Crippen LogP contribution in [0.15, 0.2) is 24.3 Å². The molecule has 0 heterocycles. The van der Waals surface area contributed by atoms with Crippen LogP contribution in [0.4, 0.5) is 4.79 Å². The minimum atomic E-state index is -0.828. The molecule has 1 fully saturated rings. The van der Waals surface area contributed by atoms with Gasteiger partial charge < -0.3 is 20.3 Å². The van der Waals surface area contributed by atoms with Crippen molar-refractivity contribution in [3.05, 3.63) is 35.4 Å². The molecule has 2 N–H and O–H groups in total. The first-order valence-corrected chi connectivity index (χ1v) is 11.4. The molecule has 0 spiro atoms. The van der Waals surface area contributed by atoms with Crippen LogP contribution in [-0.2, 0) is 20.7 Å². The van der Waals surface area contributed by atoms with Gasteiger partial charge in [-0.2, -0.15) is 0 Å². The Labute approximate surface area is 192 Å². The molecule has 1 aromatic rings. The van der Waals surface area contributed by atoms with E-state index < -0.39 is 29.3 Å². The summed E-state index contributed by atoms with van der Waals surface area (Å²) in [4.78, 5) is 40.8. The maximum absolute atomic E-state index is 13.5. The Balaban J connectivity index is 2.34. The van der Waals surface area contributed by atoms with Crippen LogP contribution < -0.4 is 10.6 Å². The monoisotopic (exact) mass is 445 g/mol. The molecular weight excluding hydrogens is 406 g/mol. The minimum Gasteiger partial charge on any atom is -0.444 e. The second-order valence-corrected chi connectivity index (χ2v) is 10.6. The third-order valence-electron chi connectivity index (χ3n) is 5.03. The zero-order chi connectivity index (χ0) is 24.3. The summed E-state index contributed by atoms with van der Waals surface area (Å²) in [6.07, 6.45) is 1.90. The highest BCUT2D eigenvalue weighted by atomic mass is 16.6. The Hall–Kier alpha value is -2.57. The zero-order valence-corrected chi connectivity index (χ0v) is 20.7. The molecule has 2 atom stereocenters. The molecule has 0 aliphatic heterocycles. The van der Waals surface area contributed by atoms with Crippen LogP contribution in [0, 0.1) is 0 Å². The lowest BCUT2D eigenvalue weighted by molar-refractivity contribution is -0.143. The lowest BCUT2D eigenvalue weighted by Gasteiger charge is -2.35. The Morgan fingerprint density at radius 1 is 1.06 bits per heavy atom. The van der Waals surface area contributed by atoms with Crippen molar-refractivity contribution in [3.63, 3.8) is 0 Å². The number of carbonyl (C=O) groups excluding carboxylic acids is 3. The van der Waals surface area contributed by atoms with Crippen LogP contribution in [0.5, 0.6) is 0 Å². The smallest absolute Gasteiger partial charge is 0.408 e. The van der Waals surface area contributed by atoms with Crippen molar-refractivity contribution in [3.8, 4) is 0 Å². The minimum absolute atomic E-state index is 0.0352. The van der Waals surface area contributed by atoms with Gasteiger partial charge in [-0.3, -0.25) is 9.59 Å². The molecule has 0 bridgehead atoms. The van der Waals surface area contributed by atoms with E-state index in [2.05, 4.69) is 17.6 Å². The first-order chi connectivity index (χ1) is 14.7. The number of aryl methyl sites for hydroxylation is 1. The molecule has 1 aliphatic carbocycles. The van der Waals surface area contributed by atoms with Gasteiger partial charge in [0.15, 0.2) is 0 Å². The molecule has 3 amide bonds. The Kier molecular flexibility index (Phi) is 7.97. The first-order valence-electron chi connectivity index (χ1n) is 11.4. The van der Waals surface area contributed by atoms with Crippen molar-refractivity contribution in [2.24, 2.45) is 0 Å². The second kappa shape index (κ2) is 9.92. The van der Waals surface area contributed by atoms with Crippen LogP contribution in [0.3, 0.4) is 0 Å². The van der Waals surface area contributed by atoms with Crippen LogP contribution >= 0.6 is 0 Å². The predicted octanol–water partition coefficient (Wildman–Crippen LogP) is 4.11. The third kappa shape index (κ3) is 7.53. The molecule has 1 aromatic carbocycles. The van der Waals surface area contributed by atoms with Crippen LogP contribution in [-0.4, -0.2) is 46.0 Å². The summed E-state index contributed by atoms with van der Waals surface area (Å²) >= 11 is 0. The lowest BCUT2D eigenvalue weighted by atomic mass is 9.99. The predicted molar refractivity (Wildman–Crippen MR) is 125 cm³/mol. The van der Waals surface area contributed by atoms with Gasteiger partial charge >= 0.3 is 6.09 Å². The Morgan fingerprint density at radius 2 is 1.62 bits per heavy atom. The first kappa shape index (κ1) is 25.7. The molecule has 178 valence electrons. The third-order valence-corrected chi connectivity index (χ3v) is 5.03. The number of amides is 3. The highest BCUT2D eigenvalue weighted by Gasteiger charge is 2.43. The fraction of sp³-hybridized carbons (Fsp3) is 0.640. The summed E-state index contributed by atoms with van der Waals surface area (Å²) in [6, 6.07) is 6.18. The van der Waals surface area contributed by atoms with E-state index in [-0.39, 0.29) is 17.9 Å². The van der Waals surface area contributed by atoms with Crippen molar-refractivity contribution >= 4 is 17.9 Å². The Morgan fingerprint density at radius 3 is 2.06 bits per heavy atom. The van der Waals surface area contributed by atoms with Crippen molar-refractivity contribution < 1.29 is 19.1 Å². The molecule has 0 aromatic heterocycles. The highest BCUT2D eigenvalue weighted by Crippen LogP contribution is 2.36. The second-order valence-electron chi connectivity index (χ2n) is 10.6. The topological polar surface area (TPSA) is 87.7 Å². The molecule has 0 radical (unpaired) electrons. The van der Waals surface area contributed by atoms with E-state index in [1.165, 1.54) is 0 Å². The van der Waals surface area contributed by atoms with Crippen LogP contribution in [0.25, 0.3) is 0 Å². The van der Waals surface area contributed by atoms with Gasteiger partial charge in [-0.15, -0.1) is 0 Å². The molecular formula is C25H39N3O4. The fourth-order valence-corrected chi connectivity index (χ4v) is 3.45. The molecule has 2 rings (SSSR count). The van der Waals surface area contributed by atoms with Gasteiger partial charge in [-0.25, -0.2) is 4.79 Å². The number of alkyl carbamates (subject to hydrolysis) is 1. The summed E-state index contributed by atoms with van der Waals surface area (Å²) in [5, 5.41) is 5.66. The summed E-state index contributed by atoms with van der Waals surface area (Å²) < 4.78 is 5.30. The van der Waals surface area contributed by atoms with Gasteiger partial charge in [0, 0.05) is 11.6 Å². The van der Waals surface area contributed by atoms with Crippen LogP contribution in [0.1, 0.15) is 85.4 Å². The number of nitrogens with one attached hydrogen (secondary N) is 2. The zero-order valence-electron chi connectivity index (χ0n) is 20.7. The van der Waals surface area contributed by atoms with E-state index >= 15 is 0 Å². The normalized spacial score (nSPS) is 16.0. The van der Waals surface area contributed by atoms with Gasteiger partial charge in [0.25, 0.3) is 0 Å². The van der Waals surface area contributed by atoms with E-state index in [9.17, 15) is 14.4 Å². The van der Waals surface area contributed by atoms with E-state index in [0.29, 0.717) is 0 Å². The summed E-state index contributed by atoms with van der Waals surface area (Å²) in [6.45, 7) is 14.7. The highest BCUT2D eigenvalue weighted by molar-refractivity contribution is 5.92. The van der Waals surface area contributed by atoms with Crippen molar-refractivity contribution in [2.75, 3.05) is 0 Å². The molecule has 7 nitrogen and oxygen atoms in total. The van der Waals surface area contributed by atoms with Gasteiger partial charge in [-0.05, 0) is 78.9 Å². The van der Waals surface area contributed by atoms with Gasteiger partial charge in [0.1, 0.15) is 17.7 Å². The summed E-state index contributed by atoms with van der Waals surface area (Å²) in [5.41, 5.74) is 0.804. The number of carbonyl (C=O) groups is 3. The average molecular weight is 446 g/mol. The number of hydrogen-bond acceptors (Lipinski definition) is 4. The molecule has 32 heavy (non-hydrogen) atoms.